The highest BCUT2D eigenvalue weighted by Crippen LogP contribution is 2.30. The molecule has 132 valence electrons. The van der Waals surface area contributed by atoms with E-state index < -0.39 is 0 Å². The SMILES string of the molecule is O=C(NC1CCC(Oc2ccccc2)CC1)c1cn(C2CCC2)nn1. The van der Waals surface area contributed by atoms with E-state index in [2.05, 4.69) is 15.6 Å². The molecule has 0 radical (unpaired) electrons. The van der Waals surface area contributed by atoms with Crippen molar-refractivity contribution < 1.29 is 9.53 Å². The van der Waals surface area contributed by atoms with Crippen molar-refractivity contribution in [3.8, 4) is 5.75 Å². The Hall–Kier alpha value is -2.37. The van der Waals surface area contributed by atoms with Crippen molar-refractivity contribution in [3.05, 3.63) is 42.2 Å². The first kappa shape index (κ1) is 16.1. The fourth-order valence-electron chi connectivity index (χ4n) is 3.49. The van der Waals surface area contributed by atoms with Gasteiger partial charge in [0.25, 0.3) is 5.91 Å². The summed E-state index contributed by atoms with van der Waals surface area (Å²) < 4.78 is 7.84. The topological polar surface area (TPSA) is 69.0 Å². The van der Waals surface area contributed by atoms with Crippen LogP contribution < -0.4 is 10.1 Å². The highest BCUT2D eigenvalue weighted by Gasteiger charge is 2.26. The van der Waals surface area contributed by atoms with E-state index in [1.165, 1.54) is 6.42 Å². The molecule has 6 nitrogen and oxygen atoms in total. The first-order valence-corrected chi connectivity index (χ1v) is 9.22. The first-order valence-electron chi connectivity index (χ1n) is 9.22. The predicted octanol–water partition coefficient (Wildman–Crippen LogP) is 3.12. The van der Waals surface area contributed by atoms with Crippen LogP contribution >= 0.6 is 0 Å². The molecule has 0 saturated heterocycles. The second kappa shape index (κ2) is 7.25. The van der Waals surface area contributed by atoms with Crippen LogP contribution in [0, 0.1) is 0 Å². The number of carbonyl (C=O) groups excluding carboxylic acids is 1. The van der Waals surface area contributed by atoms with Crippen LogP contribution in [0.1, 0.15) is 61.5 Å². The molecule has 2 saturated carbocycles. The molecule has 1 heterocycles. The van der Waals surface area contributed by atoms with Crippen LogP contribution in [0.3, 0.4) is 0 Å². The van der Waals surface area contributed by atoms with Gasteiger partial charge in [0.2, 0.25) is 0 Å². The molecule has 6 heteroatoms. The molecular weight excluding hydrogens is 316 g/mol. The molecule has 0 spiro atoms. The Morgan fingerprint density at radius 1 is 1.08 bits per heavy atom. The number of ether oxygens (including phenoxy) is 1. The lowest BCUT2D eigenvalue weighted by molar-refractivity contribution is 0.0889. The summed E-state index contributed by atoms with van der Waals surface area (Å²) in [6.07, 6.45) is 9.29. The van der Waals surface area contributed by atoms with E-state index >= 15 is 0 Å². The van der Waals surface area contributed by atoms with Crippen LogP contribution in [0.15, 0.2) is 36.5 Å². The zero-order valence-corrected chi connectivity index (χ0v) is 14.3. The molecule has 2 aliphatic carbocycles. The van der Waals surface area contributed by atoms with E-state index in [9.17, 15) is 4.79 Å². The second-order valence-corrected chi connectivity index (χ2v) is 7.05. The predicted molar refractivity (Wildman–Crippen MR) is 93.5 cm³/mol. The number of carbonyl (C=O) groups is 1. The Labute approximate surface area is 147 Å². The van der Waals surface area contributed by atoms with E-state index in [0.29, 0.717) is 11.7 Å². The standard InChI is InChI=1S/C19H24N4O2/c24-19(18-13-23(22-21-18)15-5-4-6-15)20-14-9-11-17(12-10-14)25-16-7-2-1-3-8-16/h1-3,7-8,13-15,17H,4-6,9-12H2,(H,20,24). The molecule has 25 heavy (non-hydrogen) atoms. The van der Waals surface area contributed by atoms with Gasteiger partial charge in [0, 0.05) is 6.04 Å². The van der Waals surface area contributed by atoms with Gasteiger partial charge in [0.1, 0.15) is 5.75 Å². The minimum atomic E-state index is -0.113. The molecule has 0 bridgehead atoms. The van der Waals surface area contributed by atoms with Crippen molar-refractivity contribution in [1.82, 2.24) is 20.3 Å². The van der Waals surface area contributed by atoms with Gasteiger partial charge >= 0.3 is 0 Å². The van der Waals surface area contributed by atoms with Gasteiger partial charge in [-0.25, -0.2) is 4.68 Å². The van der Waals surface area contributed by atoms with E-state index in [-0.39, 0.29) is 18.1 Å². The van der Waals surface area contributed by atoms with Gasteiger partial charge < -0.3 is 10.1 Å². The number of amides is 1. The zero-order chi connectivity index (χ0) is 17.1. The number of hydrogen-bond donors (Lipinski definition) is 1. The lowest BCUT2D eigenvalue weighted by atomic mass is 9.92. The molecule has 2 aliphatic rings. The summed E-state index contributed by atoms with van der Waals surface area (Å²) in [6, 6.07) is 10.5. The maximum Gasteiger partial charge on any atom is 0.273 e. The molecule has 2 aromatic rings. The number of nitrogens with zero attached hydrogens (tertiary/aromatic N) is 3. The van der Waals surface area contributed by atoms with E-state index in [0.717, 1.165) is 44.3 Å². The number of para-hydroxylation sites is 1. The lowest BCUT2D eigenvalue weighted by Gasteiger charge is -2.29. The van der Waals surface area contributed by atoms with Gasteiger partial charge in [0.15, 0.2) is 5.69 Å². The summed E-state index contributed by atoms with van der Waals surface area (Å²) in [6.45, 7) is 0. The molecular formula is C19H24N4O2. The van der Waals surface area contributed by atoms with Gasteiger partial charge in [0.05, 0.1) is 18.3 Å². The Morgan fingerprint density at radius 3 is 2.52 bits per heavy atom. The van der Waals surface area contributed by atoms with Crippen LogP contribution in [0.4, 0.5) is 0 Å². The van der Waals surface area contributed by atoms with Gasteiger partial charge in [-0.05, 0) is 57.1 Å². The molecule has 1 aromatic heterocycles. The van der Waals surface area contributed by atoms with Gasteiger partial charge in [-0.2, -0.15) is 0 Å². The fraction of sp³-hybridized carbons (Fsp3) is 0.526. The number of nitrogens with one attached hydrogen (secondary N) is 1. The maximum absolute atomic E-state index is 12.4. The Bertz CT molecular complexity index is 703. The minimum absolute atomic E-state index is 0.113. The molecule has 4 rings (SSSR count). The summed E-state index contributed by atoms with van der Waals surface area (Å²) in [5.74, 6) is 0.806. The van der Waals surface area contributed by atoms with Crippen molar-refractivity contribution in [3.63, 3.8) is 0 Å². The molecule has 1 N–H and O–H groups in total. The van der Waals surface area contributed by atoms with E-state index in [1.54, 1.807) is 6.20 Å². The normalized spacial score (nSPS) is 23.7. The molecule has 1 amide bonds. The van der Waals surface area contributed by atoms with Crippen LogP contribution in [-0.4, -0.2) is 33.0 Å². The smallest absolute Gasteiger partial charge is 0.273 e. The molecule has 0 atom stereocenters. The number of rotatable bonds is 5. The van der Waals surface area contributed by atoms with Crippen molar-refractivity contribution >= 4 is 5.91 Å². The third-order valence-corrected chi connectivity index (χ3v) is 5.25. The second-order valence-electron chi connectivity index (χ2n) is 7.05. The summed E-state index contributed by atoms with van der Waals surface area (Å²) in [7, 11) is 0. The summed E-state index contributed by atoms with van der Waals surface area (Å²) >= 11 is 0. The van der Waals surface area contributed by atoms with Crippen LogP contribution in [0.2, 0.25) is 0 Å². The van der Waals surface area contributed by atoms with Crippen molar-refractivity contribution in [2.24, 2.45) is 0 Å². The van der Waals surface area contributed by atoms with Gasteiger partial charge in [-0.3, -0.25) is 4.79 Å². The number of aromatic nitrogens is 3. The minimum Gasteiger partial charge on any atom is -0.490 e. The monoisotopic (exact) mass is 340 g/mol. The van der Waals surface area contributed by atoms with Gasteiger partial charge in [-0.15, -0.1) is 5.10 Å². The Balaban J connectivity index is 1.25. The average molecular weight is 340 g/mol. The van der Waals surface area contributed by atoms with Crippen molar-refractivity contribution in [1.29, 1.82) is 0 Å². The Kier molecular flexibility index (Phi) is 4.68. The molecule has 1 aromatic carbocycles. The van der Waals surface area contributed by atoms with Crippen molar-refractivity contribution in [2.45, 2.75) is 63.1 Å². The summed E-state index contributed by atoms with van der Waals surface area (Å²) in [5, 5.41) is 11.2. The Morgan fingerprint density at radius 2 is 1.84 bits per heavy atom. The number of benzene rings is 1. The van der Waals surface area contributed by atoms with E-state index in [1.807, 2.05) is 35.0 Å². The third kappa shape index (κ3) is 3.83. The first-order chi connectivity index (χ1) is 12.3. The van der Waals surface area contributed by atoms with Crippen LogP contribution in [0.25, 0.3) is 0 Å². The molecule has 2 fully saturated rings. The van der Waals surface area contributed by atoms with E-state index in [4.69, 9.17) is 4.74 Å². The van der Waals surface area contributed by atoms with Crippen molar-refractivity contribution in [2.75, 3.05) is 0 Å². The van der Waals surface area contributed by atoms with Gasteiger partial charge in [-0.1, -0.05) is 23.4 Å². The number of hydrogen-bond acceptors (Lipinski definition) is 4. The summed E-state index contributed by atoms with van der Waals surface area (Å²) in [4.78, 5) is 12.4. The average Bonchev–Trinajstić information content (AvgIpc) is 3.05. The fourth-order valence-corrected chi connectivity index (χ4v) is 3.49. The molecule has 0 aliphatic heterocycles. The lowest BCUT2D eigenvalue weighted by Crippen LogP contribution is -2.39. The maximum atomic E-state index is 12.4. The summed E-state index contributed by atoms with van der Waals surface area (Å²) in [5.41, 5.74) is 0.426. The third-order valence-electron chi connectivity index (χ3n) is 5.25. The molecule has 0 unspecified atom stereocenters. The van der Waals surface area contributed by atoms with Crippen LogP contribution in [-0.2, 0) is 0 Å². The highest BCUT2D eigenvalue weighted by atomic mass is 16.5. The zero-order valence-electron chi connectivity index (χ0n) is 14.3. The highest BCUT2D eigenvalue weighted by molar-refractivity contribution is 5.92. The van der Waals surface area contributed by atoms with Crippen LogP contribution in [0.5, 0.6) is 5.75 Å². The largest absolute Gasteiger partial charge is 0.490 e. The quantitative estimate of drug-likeness (QED) is 0.908.